The Morgan fingerprint density at radius 3 is 2.88 bits per heavy atom. The summed E-state index contributed by atoms with van der Waals surface area (Å²) in [6, 6.07) is 3.53. The number of anilines is 1. The lowest BCUT2D eigenvalue weighted by molar-refractivity contribution is 0.728. The molecule has 0 aliphatic rings. The van der Waals surface area contributed by atoms with Crippen LogP contribution in [-0.4, -0.2) is 14.5 Å². The minimum atomic E-state index is -0.119. The maximum atomic E-state index is 11.7. The maximum Gasteiger partial charge on any atom is 0.267 e. The number of pyridine rings is 1. The summed E-state index contributed by atoms with van der Waals surface area (Å²) < 4.78 is 1.94. The van der Waals surface area contributed by atoms with E-state index >= 15 is 0 Å². The van der Waals surface area contributed by atoms with Crippen LogP contribution in [0.3, 0.4) is 0 Å². The van der Waals surface area contributed by atoms with Crippen LogP contribution in [0.5, 0.6) is 0 Å². The van der Waals surface area contributed by atoms with Crippen molar-refractivity contribution in [3.63, 3.8) is 0 Å². The zero-order valence-corrected chi connectivity index (χ0v) is 9.89. The predicted octanol–water partition coefficient (Wildman–Crippen LogP) is 1.03. The van der Waals surface area contributed by atoms with Gasteiger partial charge in [0, 0.05) is 12.4 Å². The molecule has 0 saturated heterocycles. The Bertz CT molecular complexity index is 549. The first-order chi connectivity index (χ1) is 7.66. The number of hydrogen-bond acceptors (Lipinski definition) is 4. The van der Waals surface area contributed by atoms with E-state index in [1.54, 1.807) is 12.3 Å². The summed E-state index contributed by atoms with van der Waals surface area (Å²) in [5.74, 6) is 0.462. The van der Waals surface area contributed by atoms with Crippen LogP contribution in [0, 0.1) is 0 Å². The highest BCUT2D eigenvalue weighted by atomic mass is 79.9. The minimum Gasteiger partial charge on any atom is -0.384 e. The number of hydrogen-bond donors (Lipinski definition) is 1. The lowest BCUT2D eigenvalue weighted by atomic mass is 10.3. The average molecular weight is 281 g/mol. The van der Waals surface area contributed by atoms with Crippen molar-refractivity contribution in [1.82, 2.24) is 14.5 Å². The van der Waals surface area contributed by atoms with Crippen molar-refractivity contribution in [1.29, 1.82) is 0 Å². The van der Waals surface area contributed by atoms with Gasteiger partial charge in [-0.25, -0.2) is 9.97 Å². The van der Waals surface area contributed by atoms with Gasteiger partial charge in [0.15, 0.2) is 0 Å². The van der Waals surface area contributed by atoms with Crippen LogP contribution in [0.25, 0.3) is 0 Å². The molecule has 2 rings (SSSR count). The molecule has 2 heterocycles. The van der Waals surface area contributed by atoms with Crippen LogP contribution in [0.1, 0.15) is 5.56 Å². The van der Waals surface area contributed by atoms with Crippen LogP contribution in [0.15, 0.2) is 40.1 Å². The van der Waals surface area contributed by atoms with Gasteiger partial charge in [0.25, 0.3) is 5.56 Å². The molecule has 0 aliphatic heterocycles. The molecule has 0 atom stereocenters. The maximum absolute atomic E-state index is 11.7. The Morgan fingerprint density at radius 2 is 2.19 bits per heavy atom. The fourth-order valence-corrected chi connectivity index (χ4v) is 1.61. The van der Waals surface area contributed by atoms with Gasteiger partial charge in [0.2, 0.25) is 0 Å². The number of nitrogen functional groups attached to an aromatic ring is 1. The topological polar surface area (TPSA) is 73.8 Å². The van der Waals surface area contributed by atoms with Gasteiger partial charge in [-0.1, -0.05) is 6.07 Å². The Kier molecular flexibility index (Phi) is 3.00. The van der Waals surface area contributed by atoms with E-state index in [0.29, 0.717) is 16.8 Å². The molecule has 0 aromatic carbocycles. The molecule has 6 heteroatoms. The van der Waals surface area contributed by atoms with Crippen molar-refractivity contribution in [2.45, 2.75) is 6.54 Å². The standard InChI is InChI=1S/C10H9BrN4O/c11-8-4-13-6-15(10(8)16)5-7-1-2-9(12)14-3-7/h1-4,6H,5H2,(H2,12,14). The first-order valence-electron chi connectivity index (χ1n) is 4.57. The van der Waals surface area contributed by atoms with Crippen LogP contribution in [0.4, 0.5) is 5.82 Å². The van der Waals surface area contributed by atoms with Crippen LogP contribution < -0.4 is 11.3 Å². The van der Waals surface area contributed by atoms with E-state index < -0.39 is 0 Å². The third kappa shape index (κ3) is 2.27. The van der Waals surface area contributed by atoms with Crippen LogP contribution >= 0.6 is 15.9 Å². The molecule has 0 aliphatic carbocycles. The molecule has 0 fully saturated rings. The van der Waals surface area contributed by atoms with Gasteiger partial charge in [0.05, 0.1) is 12.9 Å². The lowest BCUT2D eigenvalue weighted by Gasteiger charge is -2.05. The Balaban J connectivity index is 2.31. The lowest BCUT2D eigenvalue weighted by Crippen LogP contribution is -2.21. The summed E-state index contributed by atoms with van der Waals surface area (Å²) >= 11 is 3.14. The average Bonchev–Trinajstić information content (AvgIpc) is 2.28. The molecule has 2 aromatic rings. The van der Waals surface area contributed by atoms with Crippen molar-refractivity contribution in [2.75, 3.05) is 5.73 Å². The van der Waals surface area contributed by atoms with E-state index in [-0.39, 0.29) is 5.56 Å². The van der Waals surface area contributed by atoms with Crippen molar-refractivity contribution in [3.05, 3.63) is 51.2 Å². The fourth-order valence-electron chi connectivity index (χ4n) is 1.26. The molecule has 2 aromatic heterocycles. The fraction of sp³-hybridized carbons (Fsp3) is 0.100. The molecule has 2 N–H and O–H groups in total. The molecule has 0 amide bonds. The summed E-state index contributed by atoms with van der Waals surface area (Å²) in [6.07, 6.45) is 4.60. The molecule has 16 heavy (non-hydrogen) atoms. The number of nitrogens with two attached hydrogens (primary N) is 1. The van der Waals surface area contributed by atoms with E-state index in [1.165, 1.54) is 17.1 Å². The smallest absolute Gasteiger partial charge is 0.267 e. The van der Waals surface area contributed by atoms with Crippen LogP contribution in [0.2, 0.25) is 0 Å². The van der Waals surface area contributed by atoms with Gasteiger partial charge >= 0.3 is 0 Å². The van der Waals surface area contributed by atoms with Crippen molar-refractivity contribution in [2.24, 2.45) is 0 Å². The summed E-state index contributed by atoms with van der Waals surface area (Å²) in [7, 11) is 0. The zero-order chi connectivity index (χ0) is 11.5. The second-order valence-corrected chi connectivity index (χ2v) is 4.12. The molecule has 0 unspecified atom stereocenters. The van der Waals surface area contributed by atoms with Crippen molar-refractivity contribution in [3.8, 4) is 0 Å². The molecule has 0 saturated carbocycles. The van der Waals surface area contributed by atoms with E-state index in [9.17, 15) is 4.79 Å². The summed E-state index contributed by atoms with van der Waals surface area (Å²) in [5.41, 5.74) is 6.26. The molecule has 0 radical (unpaired) electrons. The molecular formula is C10H9BrN4O. The first kappa shape index (κ1) is 10.8. The monoisotopic (exact) mass is 280 g/mol. The summed E-state index contributed by atoms with van der Waals surface area (Å²) in [6.45, 7) is 0.429. The summed E-state index contributed by atoms with van der Waals surface area (Å²) in [4.78, 5) is 19.6. The SMILES string of the molecule is Nc1ccc(Cn2cncc(Br)c2=O)cn1. The molecular weight excluding hydrogens is 272 g/mol. The van der Waals surface area contributed by atoms with E-state index in [1.807, 2.05) is 6.07 Å². The van der Waals surface area contributed by atoms with Gasteiger partial charge in [-0.15, -0.1) is 0 Å². The third-order valence-corrected chi connectivity index (χ3v) is 2.60. The van der Waals surface area contributed by atoms with E-state index in [0.717, 1.165) is 5.56 Å². The number of nitrogens with zero attached hydrogens (tertiary/aromatic N) is 3. The van der Waals surface area contributed by atoms with Crippen molar-refractivity contribution >= 4 is 21.7 Å². The molecule has 82 valence electrons. The van der Waals surface area contributed by atoms with Crippen LogP contribution in [-0.2, 0) is 6.54 Å². The quantitative estimate of drug-likeness (QED) is 0.892. The number of aromatic nitrogens is 3. The Labute approximate surface area is 100 Å². The van der Waals surface area contributed by atoms with Gasteiger partial charge in [0.1, 0.15) is 10.3 Å². The highest BCUT2D eigenvalue weighted by Crippen LogP contribution is 2.04. The Hall–Kier alpha value is -1.69. The highest BCUT2D eigenvalue weighted by Gasteiger charge is 2.01. The second kappa shape index (κ2) is 4.44. The Morgan fingerprint density at radius 1 is 1.38 bits per heavy atom. The molecule has 0 spiro atoms. The summed E-state index contributed by atoms with van der Waals surface area (Å²) in [5, 5.41) is 0. The van der Waals surface area contributed by atoms with Gasteiger partial charge in [-0.05, 0) is 27.6 Å². The molecule has 0 bridgehead atoms. The minimum absolute atomic E-state index is 0.119. The van der Waals surface area contributed by atoms with Crippen molar-refractivity contribution < 1.29 is 0 Å². The largest absolute Gasteiger partial charge is 0.384 e. The molecule has 5 nitrogen and oxygen atoms in total. The van der Waals surface area contributed by atoms with Gasteiger partial charge in [-0.3, -0.25) is 9.36 Å². The predicted molar refractivity (Wildman–Crippen MR) is 63.9 cm³/mol. The van der Waals surface area contributed by atoms with E-state index in [2.05, 4.69) is 25.9 Å². The zero-order valence-electron chi connectivity index (χ0n) is 8.30. The first-order valence-corrected chi connectivity index (χ1v) is 5.36. The normalized spacial score (nSPS) is 10.3. The number of rotatable bonds is 2. The second-order valence-electron chi connectivity index (χ2n) is 3.27. The van der Waals surface area contributed by atoms with E-state index in [4.69, 9.17) is 5.73 Å². The highest BCUT2D eigenvalue weighted by molar-refractivity contribution is 9.10. The van der Waals surface area contributed by atoms with Gasteiger partial charge < -0.3 is 5.73 Å². The number of halogens is 1. The van der Waals surface area contributed by atoms with Gasteiger partial charge in [-0.2, -0.15) is 0 Å². The third-order valence-electron chi connectivity index (χ3n) is 2.06.